The third kappa shape index (κ3) is 8.88. The summed E-state index contributed by atoms with van der Waals surface area (Å²) >= 11 is 0. The van der Waals surface area contributed by atoms with Crippen molar-refractivity contribution in [3.05, 3.63) is 14.8 Å². The van der Waals surface area contributed by atoms with Crippen LogP contribution in [0.4, 0.5) is 0 Å². The molecule has 0 unspecified atom stereocenters. The molecule has 0 saturated carbocycles. The van der Waals surface area contributed by atoms with Crippen LogP contribution in [0.25, 0.3) is 0 Å². The number of rotatable bonds is 0. The number of hydrogen-bond acceptors (Lipinski definition) is 0. The van der Waals surface area contributed by atoms with Gasteiger partial charge in [0.1, 0.15) is 0 Å². The molecule has 0 atom stereocenters. The third-order valence-corrected chi connectivity index (χ3v) is 0. The second-order valence-corrected chi connectivity index (χ2v) is 0. The van der Waals surface area contributed by atoms with Crippen LogP contribution in [0.5, 0.6) is 0 Å². The maximum absolute atomic E-state index is 5.75. The Morgan fingerprint density at radius 2 is 1.25 bits per heavy atom. The first-order valence-corrected chi connectivity index (χ1v) is 0. The molecule has 0 nitrogen and oxygen atoms in total. The van der Waals surface area contributed by atoms with Crippen molar-refractivity contribution in [2.45, 2.75) is 0 Å². The second kappa shape index (κ2) is 18.9. The zero-order chi connectivity index (χ0) is 2.71. The van der Waals surface area contributed by atoms with Crippen LogP contribution in [-0.2, 0) is 65.4 Å². The van der Waals surface area contributed by atoms with Gasteiger partial charge in [-0.25, -0.2) is 2.74 Å². The fourth-order valence-corrected chi connectivity index (χ4v) is 0. The zero-order valence-electron chi connectivity index (χ0n) is 4.73. The van der Waals surface area contributed by atoms with Gasteiger partial charge in [0.25, 0.3) is 0 Å². The van der Waals surface area contributed by atoms with Crippen molar-refractivity contribution < 1.29 is 68.2 Å². The van der Waals surface area contributed by atoms with Gasteiger partial charge in [0.15, 0.2) is 0 Å². The Morgan fingerprint density at radius 3 is 1.25 bits per heavy atom. The van der Waals surface area contributed by atoms with Crippen LogP contribution in [0.15, 0.2) is 0 Å². The van der Waals surface area contributed by atoms with Crippen molar-refractivity contribution in [3.63, 3.8) is 0 Å². The van der Waals surface area contributed by atoms with E-state index >= 15 is 0 Å². The summed E-state index contributed by atoms with van der Waals surface area (Å²) in [5, 5.41) is 0. The van der Waals surface area contributed by atoms with Crippen molar-refractivity contribution in [1.82, 2.24) is 0 Å². The molecule has 0 saturated heterocycles. The summed E-state index contributed by atoms with van der Waals surface area (Å²) in [5.74, 6) is 0. The monoisotopic (exact) mass is 212 g/mol. The SMILES string of the molecule is [3H][CH-][3H].[CH3-].[Y].[Y]. The van der Waals surface area contributed by atoms with E-state index in [0.29, 0.717) is 7.38 Å². The van der Waals surface area contributed by atoms with Gasteiger partial charge in [0.05, 0.1) is 0 Å². The van der Waals surface area contributed by atoms with Crippen molar-refractivity contribution >= 4 is 0 Å². The smallest absolute Gasteiger partial charge is 0 e. The predicted molar refractivity (Wildman–Crippen MR) is 12.8 cm³/mol. The van der Waals surface area contributed by atoms with Gasteiger partial charge < -0.3 is 14.8 Å². The quantitative estimate of drug-likeness (QED) is 0.523. The molecule has 4 heavy (non-hydrogen) atoms. The predicted octanol–water partition coefficient (Wildman–Crippen LogP) is 0.896. The van der Waals surface area contributed by atoms with E-state index in [0.717, 1.165) is 0 Å². The molecular weight excluding hydrogens is 202 g/mol. The van der Waals surface area contributed by atoms with E-state index in [-0.39, 0.29) is 72.8 Å². The molecular formula is C2H6Y2-2. The molecule has 22 valence electrons. The minimum atomic E-state index is 0. The summed E-state index contributed by atoms with van der Waals surface area (Å²) < 4.78 is 11.5. The van der Waals surface area contributed by atoms with Gasteiger partial charge in [-0.15, -0.1) is 0 Å². The largest absolute Gasteiger partial charge is 0.358 e. The molecule has 0 aliphatic rings. The summed E-state index contributed by atoms with van der Waals surface area (Å²) in [4.78, 5) is 0. The van der Waals surface area contributed by atoms with Gasteiger partial charge in [0, 0.05) is 65.4 Å². The maximum atomic E-state index is 5.75. The van der Waals surface area contributed by atoms with Crippen LogP contribution < -0.4 is 0 Å². The van der Waals surface area contributed by atoms with Crippen molar-refractivity contribution in [1.29, 1.82) is 0 Å². The first-order valence-electron chi connectivity index (χ1n) is 1.15. The molecule has 0 N–H and O–H groups in total. The zero-order valence-corrected chi connectivity index (χ0v) is 8.41. The van der Waals surface area contributed by atoms with Gasteiger partial charge in [-0.3, -0.25) is 0 Å². The first-order chi connectivity index (χ1) is 1.41. The summed E-state index contributed by atoms with van der Waals surface area (Å²) in [7, 11) is 0.500. The molecule has 0 aliphatic carbocycles. The Morgan fingerprint density at radius 1 is 1.25 bits per heavy atom. The van der Waals surface area contributed by atoms with Gasteiger partial charge in [-0.05, 0) is 0 Å². The fraction of sp³-hybridized carbons (Fsp3) is 0. The summed E-state index contributed by atoms with van der Waals surface area (Å²) in [6.45, 7) is 0. The van der Waals surface area contributed by atoms with Crippen LogP contribution >= 0.6 is 0 Å². The van der Waals surface area contributed by atoms with Crippen LogP contribution in [0.2, 0.25) is 0 Å². The average Bonchev–Trinajstić information content (AvgIpc) is 0.918. The molecule has 0 aromatic carbocycles. The molecule has 0 fully saturated rings. The summed E-state index contributed by atoms with van der Waals surface area (Å²) in [6.07, 6.45) is 0. The van der Waals surface area contributed by atoms with E-state index in [1.54, 1.807) is 0 Å². The van der Waals surface area contributed by atoms with Gasteiger partial charge >= 0.3 is 0 Å². The number of hydrogen-bond donors (Lipinski definition) is 0. The molecule has 0 spiro atoms. The topological polar surface area (TPSA) is 0 Å². The Hall–Kier alpha value is 2.21. The Labute approximate surface area is 81.7 Å². The summed E-state index contributed by atoms with van der Waals surface area (Å²) in [6, 6.07) is 0. The summed E-state index contributed by atoms with van der Waals surface area (Å²) in [5.41, 5.74) is 0. The van der Waals surface area contributed by atoms with Gasteiger partial charge in [-0.1, -0.05) is 0 Å². The van der Waals surface area contributed by atoms with E-state index in [1.165, 1.54) is 0 Å². The average molecular weight is 212 g/mol. The standard InChI is InChI=1S/2CH3.2Y/h2*1H3;;/q2*-1;;/i1T2;;;. The van der Waals surface area contributed by atoms with Crippen molar-refractivity contribution in [2.24, 2.45) is 0 Å². The molecule has 2 heteroatoms. The molecule has 0 aromatic rings. The molecule has 0 heterocycles. The minimum absolute atomic E-state index is 0. The molecule has 0 rings (SSSR count). The van der Waals surface area contributed by atoms with Crippen molar-refractivity contribution in [3.8, 4) is 0 Å². The van der Waals surface area contributed by atoms with E-state index in [1.807, 2.05) is 0 Å². The van der Waals surface area contributed by atoms with E-state index in [9.17, 15) is 0 Å². The molecule has 2 radical (unpaired) electrons. The second-order valence-electron chi connectivity index (χ2n) is 0. The first kappa shape index (κ1) is 9.51. The molecule has 0 bridgehead atoms. The van der Waals surface area contributed by atoms with E-state index in [4.69, 9.17) is 2.74 Å². The maximum Gasteiger partial charge on any atom is 0 e. The fourth-order valence-electron chi connectivity index (χ4n) is 0. The van der Waals surface area contributed by atoms with Crippen LogP contribution in [0.1, 0.15) is 2.74 Å². The van der Waals surface area contributed by atoms with Gasteiger partial charge in [-0.2, -0.15) is 0 Å². The molecule has 0 aromatic heterocycles. The minimum Gasteiger partial charge on any atom is -0.358 e. The van der Waals surface area contributed by atoms with E-state index < -0.39 is 0 Å². The van der Waals surface area contributed by atoms with Crippen LogP contribution in [0.3, 0.4) is 0 Å². The normalized spacial score (nSPS) is 5.00. The van der Waals surface area contributed by atoms with Crippen LogP contribution in [-0.4, -0.2) is 0 Å². The van der Waals surface area contributed by atoms with Crippen LogP contribution in [0, 0.1) is 14.8 Å². The molecule has 0 amide bonds. The Balaban J connectivity index is -0.00000000667. The molecule has 0 aliphatic heterocycles. The van der Waals surface area contributed by atoms with Gasteiger partial charge in [0.2, 0.25) is 0 Å². The van der Waals surface area contributed by atoms with Crippen molar-refractivity contribution in [2.75, 3.05) is 0 Å². The van der Waals surface area contributed by atoms with E-state index in [2.05, 4.69) is 0 Å². The Kier molecular flexibility index (Phi) is 45.0. The third-order valence-electron chi connectivity index (χ3n) is 0. The Bertz CT molecular complexity index is 9.51.